The lowest BCUT2D eigenvalue weighted by atomic mass is 10.1. The number of benzene rings is 1. The molecule has 0 saturated carbocycles. The number of ether oxygens (including phenoxy) is 1. The van der Waals surface area contributed by atoms with E-state index in [0.717, 1.165) is 32.3 Å². The van der Waals surface area contributed by atoms with Crippen LogP contribution in [0.2, 0.25) is 0 Å². The molecule has 3 N–H and O–H groups in total. The van der Waals surface area contributed by atoms with Crippen molar-refractivity contribution in [2.45, 2.75) is 31.8 Å². The largest absolute Gasteiger partial charge is 0.393 e. The Hall–Kier alpha value is -2.15. The van der Waals surface area contributed by atoms with Crippen LogP contribution >= 0.6 is 0 Å². The highest BCUT2D eigenvalue weighted by Gasteiger charge is 2.16. The molecule has 1 aliphatic rings. The van der Waals surface area contributed by atoms with Gasteiger partial charge in [0.25, 0.3) is 11.6 Å². The van der Waals surface area contributed by atoms with E-state index in [0.29, 0.717) is 12.1 Å². The summed E-state index contributed by atoms with van der Waals surface area (Å²) in [7, 11) is 0. The number of anilines is 1. The molecule has 1 aromatic rings. The minimum atomic E-state index is -0.572. The molecule has 0 spiro atoms. The van der Waals surface area contributed by atoms with Crippen molar-refractivity contribution in [2.24, 2.45) is 0 Å². The van der Waals surface area contributed by atoms with Crippen molar-refractivity contribution < 1.29 is 14.5 Å². The van der Waals surface area contributed by atoms with Crippen molar-refractivity contribution >= 4 is 17.3 Å². The van der Waals surface area contributed by atoms with Gasteiger partial charge < -0.3 is 15.8 Å². The summed E-state index contributed by atoms with van der Waals surface area (Å²) in [6.07, 6.45) is 4.28. The molecule has 2 rings (SSSR count). The molecule has 114 valence electrons. The number of nitrogens with zero attached hydrogens (tertiary/aromatic N) is 1. The number of nitro groups is 1. The standard InChI is InChI=1S/C14H19N3O4/c15-12-9-10(4-5-13(12)17(19)20)14(18)16-7-6-11-3-1-2-8-21-11/h4-5,9,11H,1-3,6-8,15H2,(H,16,18). The molecular formula is C14H19N3O4. The van der Waals surface area contributed by atoms with Crippen LogP contribution in [-0.4, -0.2) is 30.1 Å². The highest BCUT2D eigenvalue weighted by molar-refractivity contribution is 5.95. The Morgan fingerprint density at radius 1 is 1.48 bits per heavy atom. The maximum absolute atomic E-state index is 11.9. The second kappa shape index (κ2) is 7.03. The molecule has 1 saturated heterocycles. The monoisotopic (exact) mass is 293 g/mol. The SMILES string of the molecule is Nc1cc(C(=O)NCCC2CCCCO2)ccc1[N+](=O)[O-]. The first kappa shape index (κ1) is 15.2. The maximum Gasteiger partial charge on any atom is 0.292 e. The van der Waals surface area contributed by atoms with Crippen molar-refractivity contribution in [1.82, 2.24) is 5.32 Å². The third-order valence-corrected chi connectivity index (χ3v) is 3.51. The number of amides is 1. The molecule has 1 aromatic carbocycles. The molecule has 1 unspecified atom stereocenters. The fraction of sp³-hybridized carbons (Fsp3) is 0.500. The van der Waals surface area contributed by atoms with Crippen LogP contribution in [0.3, 0.4) is 0 Å². The zero-order chi connectivity index (χ0) is 15.2. The Morgan fingerprint density at radius 3 is 2.90 bits per heavy atom. The van der Waals surface area contributed by atoms with Crippen LogP contribution in [0.25, 0.3) is 0 Å². The fourth-order valence-electron chi connectivity index (χ4n) is 2.35. The third kappa shape index (κ3) is 4.16. The molecule has 1 atom stereocenters. The minimum absolute atomic E-state index is 0.0109. The second-order valence-electron chi connectivity index (χ2n) is 5.06. The summed E-state index contributed by atoms with van der Waals surface area (Å²) < 4.78 is 5.58. The van der Waals surface area contributed by atoms with E-state index in [1.807, 2.05) is 0 Å². The number of nitro benzene ring substituents is 1. The van der Waals surface area contributed by atoms with Gasteiger partial charge in [-0.3, -0.25) is 14.9 Å². The molecule has 0 bridgehead atoms. The molecule has 1 heterocycles. The summed E-state index contributed by atoms with van der Waals surface area (Å²) in [6, 6.07) is 3.97. The summed E-state index contributed by atoms with van der Waals surface area (Å²) in [5, 5.41) is 13.4. The van der Waals surface area contributed by atoms with Gasteiger partial charge in [-0.2, -0.15) is 0 Å². The van der Waals surface area contributed by atoms with Crippen LogP contribution in [-0.2, 0) is 4.74 Å². The molecule has 21 heavy (non-hydrogen) atoms. The van der Waals surface area contributed by atoms with Gasteiger partial charge in [-0.25, -0.2) is 0 Å². The lowest BCUT2D eigenvalue weighted by molar-refractivity contribution is -0.383. The van der Waals surface area contributed by atoms with Crippen molar-refractivity contribution in [3.8, 4) is 0 Å². The summed E-state index contributed by atoms with van der Waals surface area (Å²) in [6.45, 7) is 1.30. The van der Waals surface area contributed by atoms with Crippen molar-refractivity contribution in [3.63, 3.8) is 0 Å². The number of carbonyl (C=O) groups is 1. The molecule has 0 aliphatic carbocycles. The first-order valence-electron chi connectivity index (χ1n) is 7.01. The highest BCUT2D eigenvalue weighted by atomic mass is 16.6. The van der Waals surface area contributed by atoms with Gasteiger partial charge >= 0.3 is 0 Å². The van der Waals surface area contributed by atoms with E-state index in [-0.39, 0.29) is 23.4 Å². The van der Waals surface area contributed by atoms with E-state index in [1.165, 1.54) is 18.2 Å². The van der Waals surface area contributed by atoms with E-state index in [2.05, 4.69) is 5.32 Å². The Morgan fingerprint density at radius 2 is 2.29 bits per heavy atom. The Balaban J connectivity index is 1.85. The van der Waals surface area contributed by atoms with Crippen LogP contribution < -0.4 is 11.1 Å². The Kier molecular flexibility index (Phi) is 5.10. The van der Waals surface area contributed by atoms with Crippen LogP contribution in [0, 0.1) is 10.1 Å². The predicted molar refractivity (Wildman–Crippen MR) is 78.1 cm³/mol. The van der Waals surface area contributed by atoms with Crippen LogP contribution in [0.15, 0.2) is 18.2 Å². The zero-order valence-corrected chi connectivity index (χ0v) is 11.7. The van der Waals surface area contributed by atoms with Crippen LogP contribution in [0.5, 0.6) is 0 Å². The summed E-state index contributed by atoms with van der Waals surface area (Å²) in [5.41, 5.74) is 5.68. The highest BCUT2D eigenvalue weighted by Crippen LogP contribution is 2.22. The van der Waals surface area contributed by atoms with E-state index >= 15 is 0 Å². The van der Waals surface area contributed by atoms with Gasteiger partial charge in [0.05, 0.1) is 11.0 Å². The van der Waals surface area contributed by atoms with E-state index in [4.69, 9.17) is 10.5 Å². The predicted octanol–water partition coefficient (Wildman–Crippen LogP) is 1.87. The lowest BCUT2D eigenvalue weighted by Gasteiger charge is -2.22. The quantitative estimate of drug-likeness (QED) is 0.489. The molecule has 0 radical (unpaired) electrons. The van der Waals surface area contributed by atoms with Crippen molar-refractivity contribution in [1.29, 1.82) is 0 Å². The zero-order valence-electron chi connectivity index (χ0n) is 11.7. The fourth-order valence-corrected chi connectivity index (χ4v) is 2.35. The van der Waals surface area contributed by atoms with Crippen molar-refractivity contribution in [2.75, 3.05) is 18.9 Å². The Bertz CT molecular complexity index is 527. The molecular weight excluding hydrogens is 274 g/mol. The number of carbonyl (C=O) groups excluding carboxylic acids is 1. The van der Waals surface area contributed by atoms with E-state index in [9.17, 15) is 14.9 Å². The minimum Gasteiger partial charge on any atom is -0.393 e. The topological polar surface area (TPSA) is 107 Å². The van der Waals surface area contributed by atoms with Gasteiger partial charge in [-0.05, 0) is 37.8 Å². The average Bonchev–Trinajstić information content (AvgIpc) is 2.47. The maximum atomic E-state index is 11.9. The lowest BCUT2D eigenvalue weighted by Crippen LogP contribution is -2.29. The van der Waals surface area contributed by atoms with Crippen LogP contribution in [0.1, 0.15) is 36.0 Å². The van der Waals surface area contributed by atoms with Gasteiger partial charge in [-0.1, -0.05) is 0 Å². The number of hydrogen-bond acceptors (Lipinski definition) is 5. The normalized spacial score (nSPS) is 18.2. The summed E-state index contributed by atoms with van der Waals surface area (Å²) >= 11 is 0. The van der Waals surface area contributed by atoms with E-state index < -0.39 is 4.92 Å². The number of nitrogen functional groups attached to an aromatic ring is 1. The third-order valence-electron chi connectivity index (χ3n) is 3.51. The van der Waals surface area contributed by atoms with Gasteiger partial charge in [0.2, 0.25) is 0 Å². The second-order valence-corrected chi connectivity index (χ2v) is 5.06. The smallest absolute Gasteiger partial charge is 0.292 e. The molecule has 1 amide bonds. The van der Waals surface area contributed by atoms with Gasteiger partial charge in [0, 0.05) is 24.8 Å². The molecule has 1 fully saturated rings. The molecule has 1 aliphatic heterocycles. The summed E-state index contributed by atoms with van der Waals surface area (Å²) in [4.78, 5) is 22.0. The first-order chi connectivity index (χ1) is 10.1. The number of nitrogens with one attached hydrogen (secondary N) is 1. The van der Waals surface area contributed by atoms with Gasteiger partial charge in [0.15, 0.2) is 0 Å². The number of hydrogen-bond donors (Lipinski definition) is 2. The molecule has 7 heteroatoms. The summed E-state index contributed by atoms with van der Waals surface area (Å²) in [5.74, 6) is -0.285. The Labute approximate surface area is 122 Å². The molecule has 0 aromatic heterocycles. The first-order valence-corrected chi connectivity index (χ1v) is 7.01. The van der Waals surface area contributed by atoms with Gasteiger partial charge in [0.1, 0.15) is 5.69 Å². The average molecular weight is 293 g/mol. The van der Waals surface area contributed by atoms with Crippen molar-refractivity contribution in [3.05, 3.63) is 33.9 Å². The van der Waals surface area contributed by atoms with E-state index in [1.54, 1.807) is 0 Å². The number of rotatable bonds is 5. The number of nitrogens with two attached hydrogens (primary N) is 1. The van der Waals surface area contributed by atoms with Gasteiger partial charge in [-0.15, -0.1) is 0 Å². The van der Waals surface area contributed by atoms with Crippen LogP contribution in [0.4, 0.5) is 11.4 Å². The molecule has 7 nitrogen and oxygen atoms in total.